The van der Waals surface area contributed by atoms with Gasteiger partial charge >= 0.3 is 0 Å². The van der Waals surface area contributed by atoms with Crippen molar-refractivity contribution >= 4 is 60.9 Å². The molecule has 2 aromatic heterocycles. The van der Waals surface area contributed by atoms with E-state index in [-0.39, 0.29) is 0 Å². The molecule has 0 saturated heterocycles. The van der Waals surface area contributed by atoms with Gasteiger partial charge in [-0.2, -0.15) is 0 Å². The Hall–Kier alpha value is -9.18. The van der Waals surface area contributed by atoms with Gasteiger partial charge in [-0.1, -0.05) is 218 Å². The van der Waals surface area contributed by atoms with E-state index in [0.717, 1.165) is 88.8 Å². The van der Waals surface area contributed by atoms with Crippen LogP contribution in [0.2, 0.25) is 0 Å². The minimum atomic E-state index is 0.812. The molecule has 69 heavy (non-hydrogen) atoms. The molecule has 0 aliphatic rings. The van der Waals surface area contributed by atoms with Crippen LogP contribution in [0.15, 0.2) is 270 Å². The highest BCUT2D eigenvalue weighted by atomic mass is 16.3. The number of hydrogen-bond acceptors (Lipinski definition) is 3. The topological polar surface area (TPSA) is 29.5 Å². The van der Waals surface area contributed by atoms with Gasteiger partial charge in [0, 0.05) is 38.5 Å². The van der Waals surface area contributed by atoms with Gasteiger partial charge < -0.3 is 13.7 Å². The molecule has 324 valence electrons. The Labute approximate surface area is 400 Å². The van der Waals surface area contributed by atoms with Crippen LogP contribution in [0.1, 0.15) is 0 Å². The van der Waals surface area contributed by atoms with Crippen LogP contribution in [0, 0.1) is 0 Å². The van der Waals surface area contributed by atoms with Gasteiger partial charge in [0.05, 0.1) is 5.69 Å². The third-order valence-electron chi connectivity index (χ3n) is 13.5. The van der Waals surface area contributed by atoms with E-state index in [1.165, 1.54) is 38.9 Å². The van der Waals surface area contributed by atoms with Crippen molar-refractivity contribution in [2.75, 3.05) is 4.90 Å². The van der Waals surface area contributed by atoms with E-state index in [2.05, 4.69) is 260 Å². The van der Waals surface area contributed by atoms with Crippen LogP contribution in [0.4, 0.5) is 17.1 Å². The molecule has 0 aliphatic carbocycles. The van der Waals surface area contributed by atoms with Gasteiger partial charge in [-0.15, -0.1) is 0 Å². The van der Waals surface area contributed by atoms with Gasteiger partial charge in [-0.3, -0.25) is 0 Å². The number of rotatable bonds is 9. The molecule has 11 aromatic carbocycles. The Balaban J connectivity index is 0.872. The van der Waals surface area contributed by atoms with Gasteiger partial charge in [0.15, 0.2) is 5.58 Å². The zero-order valence-corrected chi connectivity index (χ0v) is 37.6. The largest absolute Gasteiger partial charge is 0.455 e. The maximum atomic E-state index is 6.98. The summed E-state index contributed by atoms with van der Waals surface area (Å²) in [5, 5.41) is 4.14. The predicted octanol–water partition coefficient (Wildman–Crippen LogP) is 19.0. The highest BCUT2D eigenvalue weighted by Crippen LogP contribution is 2.45. The lowest BCUT2D eigenvalue weighted by molar-refractivity contribution is 0.664. The molecule has 0 atom stereocenters. The molecule has 0 radical (unpaired) electrons. The third-order valence-corrected chi connectivity index (χ3v) is 13.5. The number of nitrogens with zero attached hydrogens (tertiary/aromatic N) is 1. The number of para-hydroxylation sites is 2. The summed E-state index contributed by atoms with van der Waals surface area (Å²) in [4.78, 5) is 2.31. The lowest BCUT2D eigenvalue weighted by Crippen LogP contribution is -2.10. The minimum Gasteiger partial charge on any atom is -0.455 e. The monoisotopic (exact) mass is 881 g/mol. The van der Waals surface area contributed by atoms with Crippen molar-refractivity contribution in [3.8, 4) is 66.8 Å². The Morgan fingerprint density at radius 3 is 0.957 bits per heavy atom. The van der Waals surface area contributed by atoms with E-state index in [1.54, 1.807) is 0 Å². The van der Waals surface area contributed by atoms with Crippen LogP contribution in [0.25, 0.3) is 111 Å². The molecule has 2 heterocycles. The molecule has 0 N–H and O–H groups in total. The average Bonchev–Trinajstić information content (AvgIpc) is 3.99. The molecule has 0 fully saturated rings. The number of furan rings is 2. The Morgan fingerprint density at radius 2 is 0.551 bits per heavy atom. The van der Waals surface area contributed by atoms with E-state index in [4.69, 9.17) is 8.83 Å². The van der Waals surface area contributed by atoms with Gasteiger partial charge in [-0.25, -0.2) is 0 Å². The first-order chi connectivity index (χ1) is 34.2. The number of anilines is 3. The lowest BCUT2D eigenvalue weighted by Gasteiger charge is -2.26. The summed E-state index contributed by atoms with van der Waals surface area (Å²) in [5.41, 5.74) is 20.4. The van der Waals surface area contributed by atoms with E-state index in [9.17, 15) is 0 Å². The third kappa shape index (κ3) is 7.34. The van der Waals surface area contributed by atoms with Gasteiger partial charge in [-0.05, 0) is 104 Å². The van der Waals surface area contributed by atoms with Crippen molar-refractivity contribution in [2.24, 2.45) is 0 Å². The molecule has 3 nitrogen and oxygen atoms in total. The molecule has 3 heteroatoms. The zero-order chi connectivity index (χ0) is 45.7. The van der Waals surface area contributed by atoms with Crippen molar-refractivity contribution < 1.29 is 8.83 Å². The Morgan fingerprint density at radius 1 is 0.232 bits per heavy atom. The number of benzene rings is 11. The van der Waals surface area contributed by atoms with E-state index in [0.29, 0.717) is 0 Å². The SMILES string of the molecule is c1ccc(-c2ccc(-c3ccc(-c4ccc(N(c5ccc(-c6ccc(-c7ccccc7)cc6)cc5)c5cccc6c5oc5cc7c(cc56)oc5c(-c6ccccc6)cccc57)cc4)cc3)cc2)cc1. The lowest BCUT2D eigenvalue weighted by atomic mass is 9.98. The first kappa shape index (κ1) is 40.1. The summed E-state index contributed by atoms with van der Waals surface area (Å²) in [6.45, 7) is 0. The Bertz CT molecular complexity index is 3930. The molecule has 0 unspecified atom stereocenters. The minimum absolute atomic E-state index is 0.812. The quantitative estimate of drug-likeness (QED) is 0.145. The highest BCUT2D eigenvalue weighted by Gasteiger charge is 2.22. The summed E-state index contributed by atoms with van der Waals surface area (Å²) in [6, 6.07) is 92.8. The van der Waals surface area contributed by atoms with Crippen molar-refractivity contribution in [3.05, 3.63) is 261 Å². The second-order valence-corrected chi connectivity index (χ2v) is 17.6. The predicted molar refractivity (Wildman–Crippen MR) is 288 cm³/mol. The summed E-state index contributed by atoms with van der Waals surface area (Å²) < 4.78 is 13.7. The first-order valence-corrected chi connectivity index (χ1v) is 23.5. The molecule has 0 spiro atoms. The summed E-state index contributed by atoms with van der Waals surface area (Å²) in [7, 11) is 0. The molecule has 13 rings (SSSR count). The van der Waals surface area contributed by atoms with Gasteiger partial charge in [0.2, 0.25) is 0 Å². The van der Waals surface area contributed by atoms with Crippen molar-refractivity contribution in [1.29, 1.82) is 0 Å². The fourth-order valence-electron chi connectivity index (χ4n) is 9.95. The van der Waals surface area contributed by atoms with Crippen molar-refractivity contribution in [2.45, 2.75) is 0 Å². The van der Waals surface area contributed by atoms with Crippen molar-refractivity contribution in [3.63, 3.8) is 0 Å². The zero-order valence-electron chi connectivity index (χ0n) is 37.6. The van der Waals surface area contributed by atoms with Crippen LogP contribution in [0.3, 0.4) is 0 Å². The van der Waals surface area contributed by atoms with Gasteiger partial charge in [0.25, 0.3) is 0 Å². The summed E-state index contributed by atoms with van der Waals surface area (Å²) in [5.74, 6) is 0. The summed E-state index contributed by atoms with van der Waals surface area (Å²) >= 11 is 0. The molecular formula is C66H43NO2. The fraction of sp³-hybridized carbons (Fsp3) is 0. The molecule has 0 amide bonds. The van der Waals surface area contributed by atoms with Crippen LogP contribution in [-0.2, 0) is 0 Å². The molecule has 0 bridgehead atoms. The maximum absolute atomic E-state index is 6.98. The Kier molecular flexibility index (Phi) is 9.84. The van der Waals surface area contributed by atoms with Crippen LogP contribution >= 0.6 is 0 Å². The second-order valence-electron chi connectivity index (χ2n) is 17.6. The molecule has 0 saturated carbocycles. The maximum Gasteiger partial charge on any atom is 0.159 e. The van der Waals surface area contributed by atoms with Crippen LogP contribution in [-0.4, -0.2) is 0 Å². The van der Waals surface area contributed by atoms with E-state index >= 15 is 0 Å². The highest BCUT2D eigenvalue weighted by molar-refractivity contribution is 6.18. The standard InChI is InChI=1S/C66H43NO2/c1-4-12-44(13-5-1)46-22-26-48(27-23-46)49-30-32-51(33-31-49)53-36-40-56(41-37-53)67(55-38-34-52(35-39-55)50-28-24-47(25-29-50)45-14-6-2-7-15-45)62-21-11-20-59-61-43-63-60(42-64(61)69-66(59)62)58-19-10-18-57(65(58)68-63)54-16-8-3-9-17-54/h1-43H. The fourth-order valence-corrected chi connectivity index (χ4v) is 9.95. The average molecular weight is 882 g/mol. The van der Waals surface area contributed by atoms with Crippen molar-refractivity contribution in [1.82, 2.24) is 0 Å². The smallest absolute Gasteiger partial charge is 0.159 e. The van der Waals surface area contributed by atoms with E-state index in [1.807, 2.05) is 6.07 Å². The first-order valence-electron chi connectivity index (χ1n) is 23.5. The summed E-state index contributed by atoms with van der Waals surface area (Å²) in [6.07, 6.45) is 0. The normalized spacial score (nSPS) is 11.5. The number of fused-ring (bicyclic) bond motifs is 6. The van der Waals surface area contributed by atoms with Gasteiger partial charge in [0.1, 0.15) is 16.7 Å². The van der Waals surface area contributed by atoms with Crippen LogP contribution in [0.5, 0.6) is 0 Å². The van der Waals surface area contributed by atoms with E-state index < -0.39 is 0 Å². The number of hydrogen-bond donors (Lipinski definition) is 0. The second kappa shape index (κ2) is 16.9. The molecular weight excluding hydrogens is 839 g/mol. The molecule has 13 aromatic rings. The van der Waals surface area contributed by atoms with Crippen LogP contribution < -0.4 is 4.90 Å². The molecule has 0 aliphatic heterocycles.